The van der Waals surface area contributed by atoms with Gasteiger partial charge in [-0.05, 0) is 97.7 Å². The van der Waals surface area contributed by atoms with Gasteiger partial charge in [0.1, 0.15) is 23.0 Å². The molecule has 1 aliphatic carbocycles. The Bertz CT molecular complexity index is 1240. The first-order valence-electron chi connectivity index (χ1n) is 13.4. The minimum atomic E-state index is -0.601. The second kappa shape index (κ2) is 9.77. The number of anilines is 1. The van der Waals surface area contributed by atoms with Gasteiger partial charge in [-0.25, -0.2) is 13.2 Å². The molecule has 1 N–H and O–H groups in total. The maximum atomic E-state index is 13.7. The monoisotopic (exact) mass is 519 g/mol. The van der Waals surface area contributed by atoms with Crippen LogP contribution in [0.5, 0.6) is 0 Å². The van der Waals surface area contributed by atoms with Crippen LogP contribution in [-0.2, 0) is 10.2 Å². The maximum absolute atomic E-state index is 13.7. The van der Waals surface area contributed by atoms with Crippen molar-refractivity contribution in [2.75, 3.05) is 31.2 Å². The zero-order valence-electron chi connectivity index (χ0n) is 21.3. The quantitative estimate of drug-likeness (QED) is 0.476. The number of halogens is 3. The number of hydrogen-bond acceptors (Lipinski definition) is 3. The molecule has 7 heteroatoms. The van der Waals surface area contributed by atoms with Crippen LogP contribution in [0.2, 0.25) is 0 Å². The standard InChI is InChI=1S/C31H32F3N3O/c32-25-5-1-23(2-6-25)30(24-3-7-26(33)8-4-24)14-13-22(19-30)20-36-17-15-31(16-18-36)29(38)35-21-37(31)28-11-9-27(34)10-12-28/h1-12,22H,13-21H2,(H,35,38). The number of likely N-dealkylation sites (tertiary alicyclic amines) is 1. The molecule has 0 aromatic heterocycles. The number of nitrogens with zero attached hydrogens (tertiary/aromatic N) is 2. The topological polar surface area (TPSA) is 35.6 Å². The Morgan fingerprint density at radius 2 is 1.29 bits per heavy atom. The van der Waals surface area contributed by atoms with Crippen LogP contribution in [0.3, 0.4) is 0 Å². The molecule has 0 radical (unpaired) electrons. The van der Waals surface area contributed by atoms with Gasteiger partial charge in [0.15, 0.2) is 0 Å². The third kappa shape index (κ3) is 4.37. The van der Waals surface area contributed by atoms with E-state index < -0.39 is 5.54 Å². The normalized spacial score (nSPS) is 22.7. The number of rotatable bonds is 5. The van der Waals surface area contributed by atoms with Gasteiger partial charge in [0.2, 0.25) is 5.91 Å². The first-order valence-corrected chi connectivity index (χ1v) is 13.4. The van der Waals surface area contributed by atoms with Crippen molar-refractivity contribution in [3.05, 3.63) is 101 Å². The van der Waals surface area contributed by atoms with E-state index in [0.717, 1.165) is 55.7 Å². The van der Waals surface area contributed by atoms with Gasteiger partial charge >= 0.3 is 0 Å². The van der Waals surface area contributed by atoms with E-state index in [1.807, 2.05) is 24.3 Å². The molecule has 1 saturated carbocycles. The number of hydrogen-bond donors (Lipinski definition) is 1. The third-order valence-electron chi connectivity index (χ3n) is 9.09. The van der Waals surface area contributed by atoms with Gasteiger partial charge in [-0.15, -0.1) is 0 Å². The van der Waals surface area contributed by atoms with E-state index in [4.69, 9.17) is 0 Å². The highest BCUT2D eigenvalue weighted by atomic mass is 19.1. The van der Waals surface area contributed by atoms with Crippen molar-refractivity contribution < 1.29 is 18.0 Å². The van der Waals surface area contributed by atoms with Gasteiger partial charge in [0.25, 0.3) is 0 Å². The average molecular weight is 520 g/mol. The number of piperidine rings is 1. The summed E-state index contributed by atoms with van der Waals surface area (Å²) in [6.07, 6.45) is 4.29. The van der Waals surface area contributed by atoms with E-state index >= 15 is 0 Å². The van der Waals surface area contributed by atoms with Gasteiger partial charge in [-0.3, -0.25) is 4.79 Å². The van der Waals surface area contributed by atoms with Crippen LogP contribution in [0.1, 0.15) is 43.2 Å². The van der Waals surface area contributed by atoms with Crippen LogP contribution in [0, 0.1) is 23.4 Å². The highest BCUT2D eigenvalue weighted by Gasteiger charge is 2.51. The van der Waals surface area contributed by atoms with Gasteiger partial charge in [0, 0.05) is 30.7 Å². The molecule has 2 heterocycles. The fourth-order valence-corrected chi connectivity index (χ4v) is 7.05. The van der Waals surface area contributed by atoms with E-state index in [9.17, 15) is 18.0 Å². The molecule has 1 atom stereocenters. The Morgan fingerprint density at radius 1 is 0.763 bits per heavy atom. The van der Waals surface area contributed by atoms with E-state index in [1.165, 1.54) is 36.4 Å². The van der Waals surface area contributed by atoms with Crippen LogP contribution in [-0.4, -0.2) is 42.6 Å². The first-order chi connectivity index (χ1) is 18.4. The number of carbonyl (C=O) groups excluding carboxylic acids is 1. The van der Waals surface area contributed by atoms with Gasteiger partial charge in [-0.1, -0.05) is 24.3 Å². The molecule has 1 spiro atoms. The fraction of sp³-hybridized carbons (Fsp3) is 0.387. The van der Waals surface area contributed by atoms with Gasteiger partial charge in [0.05, 0.1) is 6.67 Å². The molecule has 3 aliphatic rings. The van der Waals surface area contributed by atoms with Crippen LogP contribution >= 0.6 is 0 Å². The molecule has 3 fully saturated rings. The second-order valence-corrected chi connectivity index (χ2v) is 11.1. The van der Waals surface area contributed by atoms with Gasteiger partial charge < -0.3 is 15.1 Å². The molecule has 198 valence electrons. The van der Waals surface area contributed by atoms with Gasteiger partial charge in [-0.2, -0.15) is 0 Å². The molecule has 1 amide bonds. The number of nitrogens with one attached hydrogen (secondary N) is 1. The summed E-state index contributed by atoms with van der Waals surface area (Å²) in [5.41, 5.74) is 2.13. The fourth-order valence-electron chi connectivity index (χ4n) is 7.05. The summed E-state index contributed by atoms with van der Waals surface area (Å²) in [6.45, 7) is 2.98. The second-order valence-electron chi connectivity index (χ2n) is 11.1. The molecule has 3 aromatic carbocycles. The van der Waals surface area contributed by atoms with E-state index in [-0.39, 0.29) is 28.8 Å². The molecule has 2 aliphatic heterocycles. The van der Waals surface area contributed by atoms with Crippen molar-refractivity contribution >= 4 is 11.6 Å². The predicted octanol–water partition coefficient (Wildman–Crippen LogP) is 5.62. The lowest BCUT2D eigenvalue weighted by atomic mass is 9.72. The summed E-state index contributed by atoms with van der Waals surface area (Å²) in [5.74, 6) is -0.320. The highest BCUT2D eigenvalue weighted by Crippen LogP contribution is 2.49. The third-order valence-corrected chi connectivity index (χ3v) is 9.09. The van der Waals surface area contributed by atoms with Crippen molar-refractivity contribution in [2.45, 2.75) is 43.1 Å². The van der Waals surface area contributed by atoms with Crippen molar-refractivity contribution in [3.63, 3.8) is 0 Å². The number of benzene rings is 3. The first kappa shape index (κ1) is 25.0. The summed E-state index contributed by atoms with van der Waals surface area (Å²) in [5, 5.41) is 3.01. The van der Waals surface area contributed by atoms with E-state index in [0.29, 0.717) is 25.4 Å². The molecule has 0 bridgehead atoms. The number of amides is 1. The zero-order chi connectivity index (χ0) is 26.3. The van der Waals surface area contributed by atoms with Crippen molar-refractivity contribution in [3.8, 4) is 0 Å². The van der Waals surface area contributed by atoms with Crippen LogP contribution < -0.4 is 10.2 Å². The predicted molar refractivity (Wildman–Crippen MR) is 141 cm³/mol. The molecule has 3 aromatic rings. The maximum Gasteiger partial charge on any atom is 0.247 e. The minimum absolute atomic E-state index is 0.0500. The summed E-state index contributed by atoms with van der Waals surface area (Å²) in [4.78, 5) is 17.5. The summed E-state index contributed by atoms with van der Waals surface area (Å²) in [6, 6.07) is 19.9. The zero-order valence-corrected chi connectivity index (χ0v) is 21.3. The molecular weight excluding hydrogens is 487 g/mol. The van der Waals surface area contributed by atoms with E-state index in [1.54, 1.807) is 12.1 Å². The lowest BCUT2D eigenvalue weighted by molar-refractivity contribution is -0.125. The largest absolute Gasteiger partial charge is 0.339 e. The Balaban J connectivity index is 1.17. The molecule has 6 rings (SSSR count). The van der Waals surface area contributed by atoms with Crippen molar-refractivity contribution in [1.29, 1.82) is 0 Å². The molecule has 2 saturated heterocycles. The number of carbonyl (C=O) groups is 1. The van der Waals surface area contributed by atoms with Crippen LogP contribution in [0.25, 0.3) is 0 Å². The summed E-state index contributed by atoms with van der Waals surface area (Å²) >= 11 is 0. The summed E-state index contributed by atoms with van der Waals surface area (Å²) in [7, 11) is 0. The Labute approximate surface area is 221 Å². The lowest BCUT2D eigenvalue weighted by Gasteiger charge is -2.44. The molecule has 4 nitrogen and oxygen atoms in total. The smallest absolute Gasteiger partial charge is 0.247 e. The molecule has 38 heavy (non-hydrogen) atoms. The minimum Gasteiger partial charge on any atom is -0.339 e. The van der Waals surface area contributed by atoms with Crippen molar-refractivity contribution in [1.82, 2.24) is 10.2 Å². The van der Waals surface area contributed by atoms with Crippen molar-refractivity contribution in [2.24, 2.45) is 5.92 Å². The lowest BCUT2D eigenvalue weighted by Crippen LogP contribution is -2.56. The summed E-state index contributed by atoms with van der Waals surface area (Å²) < 4.78 is 41.0. The molecular formula is C31H32F3N3O. The Morgan fingerprint density at radius 3 is 1.84 bits per heavy atom. The molecule has 1 unspecified atom stereocenters. The average Bonchev–Trinajstić information content (AvgIpc) is 3.49. The highest BCUT2D eigenvalue weighted by molar-refractivity contribution is 5.93. The van der Waals surface area contributed by atoms with E-state index in [2.05, 4.69) is 15.1 Å². The Kier molecular flexibility index (Phi) is 6.42. The Hall–Kier alpha value is -3.32. The van der Waals surface area contributed by atoms with Crippen LogP contribution in [0.4, 0.5) is 18.9 Å². The van der Waals surface area contributed by atoms with Crippen LogP contribution in [0.15, 0.2) is 72.8 Å². The SMILES string of the molecule is O=C1NCN(c2ccc(F)cc2)C12CCN(CC1CCC(c3ccc(F)cc3)(c3ccc(F)cc3)C1)CC2.